The summed E-state index contributed by atoms with van der Waals surface area (Å²) in [6, 6.07) is 4.65. The zero-order valence-corrected chi connectivity index (χ0v) is 15.3. The summed E-state index contributed by atoms with van der Waals surface area (Å²) in [7, 11) is -3.15. The Hall–Kier alpha value is -1.31. The fraction of sp³-hybridized carbons (Fsp3) is 0.667. The van der Waals surface area contributed by atoms with Crippen LogP contribution >= 0.6 is 0 Å². The summed E-state index contributed by atoms with van der Waals surface area (Å²) in [5.41, 5.74) is 2.62. The lowest BCUT2D eigenvalue weighted by Crippen LogP contribution is -2.57. The molecule has 0 bridgehead atoms. The number of nitrogens with zero attached hydrogens (tertiary/aromatic N) is 2. The van der Waals surface area contributed by atoms with E-state index >= 15 is 0 Å². The molecule has 1 aromatic carbocycles. The largest absolute Gasteiger partial charge is 0.454 e. The fourth-order valence-electron chi connectivity index (χ4n) is 5.21. The van der Waals surface area contributed by atoms with Gasteiger partial charge < -0.3 is 9.47 Å². The smallest absolute Gasteiger partial charge is 0.231 e. The van der Waals surface area contributed by atoms with Crippen molar-refractivity contribution in [2.24, 2.45) is 5.92 Å². The van der Waals surface area contributed by atoms with Crippen molar-refractivity contribution in [2.45, 2.75) is 37.8 Å². The van der Waals surface area contributed by atoms with Gasteiger partial charge in [0.05, 0.1) is 6.26 Å². The van der Waals surface area contributed by atoms with Crippen molar-refractivity contribution in [3.8, 4) is 11.5 Å². The second-order valence-corrected chi connectivity index (χ2v) is 9.68. The van der Waals surface area contributed by atoms with Gasteiger partial charge in [-0.05, 0) is 54.9 Å². The lowest BCUT2D eigenvalue weighted by molar-refractivity contribution is 0.0222. The van der Waals surface area contributed by atoms with Gasteiger partial charge in [0.15, 0.2) is 11.5 Å². The van der Waals surface area contributed by atoms with Crippen LogP contribution in [0.15, 0.2) is 12.1 Å². The third-order valence-electron chi connectivity index (χ3n) is 6.33. The minimum atomic E-state index is -3.15. The first-order valence-electron chi connectivity index (χ1n) is 9.14. The van der Waals surface area contributed by atoms with Crippen molar-refractivity contribution in [1.82, 2.24) is 9.21 Å². The molecule has 5 rings (SSSR count). The predicted octanol–water partition coefficient (Wildman–Crippen LogP) is 1.76. The average molecular weight is 364 g/mol. The molecule has 4 aliphatic heterocycles. The first-order valence-corrected chi connectivity index (χ1v) is 11.0. The fourth-order valence-corrected chi connectivity index (χ4v) is 6.42. The molecule has 2 fully saturated rings. The van der Waals surface area contributed by atoms with Gasteiger partial charge in [0.2, 0.25) is 16.8 Å². The normalized spacial score (nSPS) is 32.0. The summed E-state index contributed by atoms with van der Waals surface area (Å²) in [6.07, 6.45) is 5.37. The van der Waals surface area contributed by atoms with E-state index in [2.05, 4.69) is 17.0 Å². The van der Waals surface area contributed by atoms with E-state index in [0.29, 0.717) is 19.3 Å². The summed E-state index contributed by atoms with van der Waals surface area (Å²) in [5.74, 6) is 2.12. The van der Waals surface area contributed by atoms with Gasteiger partial charge in [0.25, 0.3) is 0 Å². The Labute approximate surface area is 148 Å². The maximum Gasteiger partial charge on any atom is 0.231 e. The second-order valence-electron chi connectivity index (χ2n) is 7.74. The third kappa shape index (κ3) is 2.55. The lowest BCUT2D eigenvalue weighted by Gasteiger charge is -2.51. The molecule has 0 radical (unpaired) electrons. The van der Waals surface area contributed by atoms with E-state index in [4.69, 9.17) is 9.47 Å². The molecule has 0 saturated carbocycles. The Balaban J connectivity index is 1.51. The zero-order chi connectivity index (χ0) is 17.2. The van der Waals surface area contributed by atoms with Crippen LogP contribution in [0.25, 0.3) is 0 Å². The number of sulfonamides is 1. The summed E-state index contributed by atoms with van der Waals surface area (Å²) >= 11 is 0. The summed E-state index contributed by atoms with van der Waals surface area (Å²) in [6.45, 7) is 2.99. The van der Waals surface area contributed by atoms with E-state index in [1.165, 1.54) is 17.4 Å². The third-order valence-corrected chi connectivity index (χ3v) is 7.64. The van der Waals surface area contributed by atoms with Gasteiger partial charge in [0, 0.05) is 31.7 Å². The van der Waals surface area contributed by atoms with E-state index in [1.807, 2.05) is 0 Å². The van der Waals surface area contributed by atoms with Crippen LogP contribution in [0.3, 0.4) is 0 Å². The van der Waals surface area contributed by atoms with Crippen molar-refractivity contribution in [3.05, 3.63) is 23.3 Å². The molecule has 4 aliphatic rings. The van der Waals surface area contributed by atoms with Crippen molar-refractivity contribution >= 4 is 10.0 Å². The molecule has 4 heterocycles. The van der Waals surface area contributed by atoms with Gasteiger partial charge in [-0.2, -0.15) is 4.31 Å². The Kier molecular flexibility index (Phi) is 3.56. The molecule has 0 amide bonds. The molecule has 3 atom stereocenters. The number of hydrogen-bond acceptors (Lipinski definition) is 5. The molecule has 0 aromatic heterocycles. The van der Waals surface area contributed by atoms with E-state index in [0.717, 1.165) is 50.3 Å². The highest BCUT2D eigenvalue weighted by molar-refractivity contribution is 7.88. The van der Waals surface area contributed by atoms with Gasteiger partial charge in [-0.15, -0.1) is 0 Å². The summed E-state index contributed by atoms with van der Waals surface area (Å²) < 4.78 is 37.4. The van der Waals surface area contributed by atoms with Crippen molar-refractivity contribution in [3.63, 3.8) is 0 Å². The van der Waals surface area contributed by atoms with Gasteiger partial charge >= 0.3 is 0 Å². The second kappa shape index (κ2) is 5.59. The molecule has 25 heavy (non-hydrogen) atoms. The number of rotatable bonds is 1. The molecular formula is C18H24N2O4S. The standard InChI is InChI=1S/C18H24N2O4S/c1-25(21,22)20-5-2-3-13-10-19-6-4-12-7-17-18(24-11-23-17)8-14(12)16(19)9-15(13)20/h7-8,13,15-16H,2-6,9-11H2,1H3/t13-,15+,16-/m0/s1. The molecule has 0 N–H and O–H groups in total. The molecule has 1 aromatic rings. The number of hydrogen-bond donors (Lipinski definition) is 0. The minimum absolute atomic E-state index is 0.126. The number of fused-ring (bicyclic) bond motifs is 5. The Bertz CT molecular complexity index is 810. The van der Waals surface area contributed by atoms with E-state index in [-0.39, 0.29) is 12.1 Å². The van der Waals surface area contributed by atoms with Crippen LogP contribution in [0.2, 0.25) is 0 Å². The maximum atomic E-state index is 12.3. The summed E-state index contributed by atoms with van der Waals surface area (Å²) in [4.78, 5) is 2.55. The Morgan fingerprint density at radius 3 is 2.76 bits per heavy atom. The molecule has 0 aliphatic carbocycles. The molecule has 2 saturated heterocycles. The highest BCUT2D eigenvalue weighted by Gasteiger charge is 2.45. The SMILES string of the molecule is CS(=O)(=O)N1CCC[C@H]2CN3CCc4cc5c(cc4[C@@H]3C[C@H]21)OCO5. The molecule has 0 spiro atoms. The van der Waals surface area contributed by atoms with Crippen molar-refractivity contribution in [2.75, 3.05) is 32.7 Å². The summed E-state index contributed by atoms with van der Waals surface area (Å²) in [5, 5.41) is 0. The zero-order valence-electron chi connectivity index (χ0n) is 14.5. The molecule has 6 nitrogen and oxygen atoms in total. The van der Waals surface area contributed by atoms with E-state index < -0.39 is 10.0 Å². The number of benzene rings is 1. The maximum absolute atomic E-state index is 12.3. The van der Waals surface area contributed by atoms with Crippen LogP contribution in [-0.2, 0) is 16.4 Å². The van der Waals surface area contributed by atoms with Crippen LogP contribution < -0.4 is 9.47 Å². The Morgan fingerprint density at radius 2 is 1.96 bits per heavy atom. The first kappa shape index (κ1) is 15.9. The number of ether oxygens (including phenoxy) is 2. The topological polar surface area (TPSA) is 59.1 Å². The molecular weight excluding hydrogens is 340 g/mol. The van der Waals surface area contributed by atoms with Crippen molar-refractivity contribution in [1.29, 1.82) is 0 Å². The van der Waals surface area contributed by atoms with Crippen LogP contribution in [0.4, 0.5) is 0 Å². The Morgan fingerprint density at radius 1 is 1.16 bits per heavy atom. The van der Waals surface area contributed by atoms with Crippen molar-refractivity contribution < 1.29 is 17.9 Å². The highest BCUT2D eigenvalue weighted by Crippen LogP contribution is 2.46. The number of piperidine rings is 2. The minimum Gasteiger partial charge on any atom is -0.454 e. The van der Waals surface area contributed by atoms with E-state index in [9.17, 15) is 8.42 Å². The van der Waals surface area contributed by atoms with Gasteiger partial charge in [-0.3, -0.25) is 4.90 Å². The quantitative estimate of drug-likeness (QED) is 0.760. The van der Waals surface area contributed by atoms with Crippen LogP contribution in [0.5, 0.6) is 11.5 Å². The predicted molar refractivity (Wildman–Crippen MR) is 93.3 cm³/mol. The van der Waals surface area contributed by atoms with Gasteiger partial charge in [-0.25, -0.2) is 8.42 Å². The monoisotopic (exact) mass is 364 g/mol. The van der Waals surface area contributed by atoms with Crippen LogP contribution in [-0.4, -0.2) is 56.3 Å². The first-order chi connectivity index (χ1) is 12.0. The van der Waals surface area contributed by atoms with Gasteiger partial charge in [-0.1, -0.05) is 0 Å². The highest BCUT2D eigenvalue weighted by atomic mass is 32.2. The molecule has 7 heteroatoms. The lowest BCUT2D eigenvalue weighted by atomic mass is 9.77. The van der Waals surface area contributed by atoms with E-state index in [1.54, 1.807) is 4.31 Å². The van der Waals surface area contributed by atoms with Crippen LogP contribution in [0, 0.1) is 5.92 Å². The molecule has 136 valence electrons. The van der Waals surface area contributed by atoms with Gasteiger partial charge in [0.1, 0.15) is 0 Å². The average Bonchev–Trinajstić information content (AvgIpc) is 3.04. The molecule has 0 unspecified atom stereocenters. The van der Waals surface area contributed by atoms with Crippen LogP contribution in [0.1, 0.15) is 36.4 Å².